The first-order valence-corrected chi connectivity index (χ1v) is 8.51. The van der Waals surface area contributed by atoms with Gasteiger partial charge in [0.25, 0.3) is 11.5 Å². The van der Waals surface area contributed by atoms with Crippen molar-refractivity contribution in [2.24, 2.45) is 7.05 Å². The minimum atomic E-state index is -0.389. The minimum Gasteiger partial charge on any atom is -0.376 e. The molecule has 6 heteroatoms. The van der Waals surface area contributed by atoms with Crippen LogP contribution in [0.5, 0.6) is 0 Å². The lowest BCUT2D eigenvalue weighted by molar-refractivity contribution is 0.0671. The standard InChI is InChI=1S/C19H23N3O3/c1-12-13(2)21-22(3)19(24)16(12)18(23)20-17(15-10-7-11-25-15)14-8-5-4-6-9-14/h4-6,8-9,15,17H,7,10-11H2,1-3H3,(H,20,23)/t15-,17-/m1/s1. The zero-order valence-corrected chi connectivity index (χ0v) is 14.8. The Kier molecular flexibility index (Phi) is 4.99. The van der Waals surface area contributed by atoms with Crippen molar-refractivity contribution in [1.29, 1.82) is 0 Å². The molecule has 0 saturated carbocycles. The van der Waals surface area contributed by atoms with Crippen LogP contribution in [-0.2, 0) is 11.8 Å². The van der Waals surface area contributed by atoms with Crippen molar-refractivity contribution in [2.45, 2.75) is 38.8 Å². The number of aromatic nitrogens is 2. The summed E-state index contributed by atoms with van der Waals surface area (Å²) in [6.07, 6.45) is 1.77. The van der Waals surface area contributed by atoms with Crippen LogP contribution in [0.25, 0.3) is 0 Å². The number of aryl methyl sites for hydroxylation is 2. The van der Waals surface area contributed by atoms with Gasteiger partial charge in [-0.1, -0.05) is 30.3 Å². The Hall–Kier alpha value is -2.47. The molecule has 132 valence electrons. The third-order valence-electron chi connectivity index (χ3n) is 4.73. The molecule has 0 unspecified atom stereocenters. The van der Waals surface area contributed by atoms with Crippen LogP contribution in [0.3, 0.4) is 0 Å². The Labute approximate surface area is 146 Å². The smallest absolute Gasteiger partial charge is 0.279 e. The second-order valence-electron chi connectivity index (χ2n) is 6.43. The van der Waals surface area contributed by atoms with Gasteiger partial charge in [0.15, 0.2) is 0 Å². The number of hydrogen-bond donors (Lipinski definition) is 1. The van der Waals surface area contributed by atoms with E-state index >= 15 is 0 Å². The average molecular weight is 341 g/mol. The highest BCUT2D eigenvalue weighted by Gasteiger charge is 2.30. The topological polar surface area (TPSA) is 73.2 Å². The maximum absolute atomic E-state index is 12.9. The van der Waals surface area contributed by atoms with E-state index in [-0.39, 0.29) is 29.2 Å². The molecule has 1 saturated heterocycles. The number of rotatable bonds is 4. The molecule has 3 rings (SSSR count). The molecule has 0 bridgehead atoms. The van der Waals surface area contributed by atoms with E-state index in [1.54, 1.807) is 20.9 Å². The lowest BCUT2D eigenvalue weighted by atomic mass is 9.98. The predicted molar refractivity (Wildman–Crippen MR) is 94.6 cm³/mol. The molecule has 1 aliphatic rings. The number of carbonyl (C=O) groups excluding carboxylic acids is 1. The number of carbonyl (C=O) groups is 1. The second kappa shape index (κ2) is 7.19. The maximum Gasteiger partial charge on any atom is 0.279 e. The van der Waals surface area contributed by atoms with Crippen LogP contribution in [0.15, 0.2) is 35.1 Å². The summed E-state index contributed by atoms with van der Waals surface area (Å²) >= 11 is 0. The van der Waals surface area contributed by atoms with E-state index in [2.05, 4.69) is 10.4 Å². The fraction of sp³-hybridized carbons (Fsp3) is 0.421. The van der Waals surface area contributed by atoms with Gasteiger partial charge in [-0.2, -0.15) is 5.10 Å². The van der Waals surface area contributed by atoms with Crippen LogP contribution >= 0.6 is 0 Å². The molecule has 1 amide bonds. The molecular formula is C19H23N3O3. The van der Waals surface area contributed by atoms with Crippen LogP contribution in [0.4, 0.5) is 0 Å². The quantitative estimate of drug-likeness (QED) is 0.924. The number of benzene rings is 1. The molecular weight excluding hydrogens is 318 g/mol. The molecule has 25 heavy (non-hydrogen) atoms. The van der Waals surface area contributed by atoms with Crippen LogP contribution in [0, 0.1) is 13.8 Å². The number of nitrogens with one attached hydrogen (secondary N) is 1. The van der Waals surface area contributed by atoms with E-state index in [0.29, 0.717) is 17.9 Å². The van der Waals surface area contributed by atoms with Gasteiger partial charge in [0, 0.05) is 13.7 Å². The highest BCUT2D eigenvalue weighted by Crippen LogP contribution is 2.27. The first-order valence-electron chi connectivity index (χ1n) is 8.51. The molecule has 1 fully saturated rings. The van der Waals surface area contributed by atoms with E-state index in [0.717, 1.165) is 18.4 Å². The van der Waals surface area contributed by atoms with Gasteiger partial charge in [0.05, 0.1) is 17.8 Å². The number of hydrogen-bond acceptors (Lipinski definition) is 4. The zero-order valence-electron chi connectivity index (χ0n) is 14.8. The molecule has 2 heterocycles. The third kappa shape index (κ3) is 3.49. The van der Waals surface area contributed by atoms with Crippen molar-refractivity contribution in [2.75, 3.05) is 6.61 Å². The number of ether oxygens (including phenoxy) is 1. The number of amides is 1. The van der Waals surface area contributed by atoms with E-state index < -0.39 is 0 Å². The van der Waals surface area contributed by atoms with Crippen molar-refractivity contribution in [3.63, 3.8) is 0 Å². The lowest BCUT2D eigenvalue weighted by Gasteiger charge is -2.25. The normalized spacial score (nSPS) is 18.1. The van der Waals surface area contributed by atoms with Gasteiger partial charge in [0.1, 0.15) is 5.56 Å². The summed E-state index contributed by atoms with van der Waals surface area (Å²) in [5, 5.41) is 7.15. The van der Waals surface area contributed by atoms with E-state index in [4.69, 9.17) is 4.74 Å². The van der Waals surface area contributed by atoms with Gasteiger partial charge < -0.3 is 10.1 Å². The molecule has 0 spiro atoms. The average Bonchev–Trinajstić information content (AvgIpc) is 3.13. The summed E-state index contributed by atoms with van der Waals surface area (Å²) in [4.78, 5) is 25.4. The highest BCUT2D eigenvalue weighted by atomic mass is 16.5. The van der Waals surface area contributed by atoms with Crippen LogP contribution in [0.2, 0.25) is 0 Å². The molecule has 2 aromatic rings. The van der Waals surface area contributed by atoms with E-state index in [1.807, 2.05) is 30.3 Å². The Bertz CT molecular complexity index is 824. The summed E-state index contributed by atoms with van der Waals surface area (Å²) in [6, 6.07) is 9.46. The SMILES string of the molecule is Cc1nn(C)c(=O)c(C(=O)N[C@H](c2ccccc2)[C@H]2CCCO2)c1C. The molecule has 0 aliphatic carbocycles. The van der Waals surface area contributed by atoms with Gasteiger partial charge in [-0.15, -0.1) is 0 Å². The second-order valence-corrected chi connectivity index (χ2v) is 6.43. The van der Waals surface area contributed by atoms with Gasteiger partial charge in [-0.3, -0.25) is 9.59 Å². The molecule has 2 atom stereocenters. The lowest BCUT2D eigenvalue weighted by Crippen LogP contribution is -2.40. The fourth-order valence-electron chi connectivity index (χ4n) is 3.25. The van der Waals surface area contributed by atoms with Gasteiger partial charge in [-0.25, -0.2) is 4.68 Å². The summed E-state index contributed by atoms with van der Waals surface area (Å²) < 4.78 is 7.01. The molecule has 1 N–H and O–H groups in total. The molecule has 0 radical (unpaired) electrons. The molecule has 1 aliphatic heterocycles. The van der Waals surface area contributed by atoms with Crippen LogP contribution in [0.1, 0.15) is 46.1 Å². The first kappa shape index (κ1) is 17.4. The van der Waals surface area contributed by atoms with Crippen molar-refractivity contribution < 1.29 is 9.53 Å². The van der Waals surface area contributed by atoms with Crippen molar-refractivity contribution in [3.8, 4) is 0 Å². The zero-order chi connectivity index (χ0) is 18.0. The van der Waals surface area contributed by atoms with Gasteiger partial charge >= 0.3 is 0 Å². The Morgan fingerprint density at radius 2 is 2.04 bits per heavy atom. The summed E-state index contributed by atoms with van der Waals surface area (Å²) in [6.45, 7) is 4.24. The maximum atomic E-state index is 12.9. The fourth-order valence-corrected chi connectivity index (χ4v) is 3.25. The van der Waals surface area contributed by atoms with Gasteiger partial charge in [0.2, 0.25) is 0 Å². The summed E-state index contributed by atoms with van der Waals surface area (Å²) in [5.74, 6) is -0.382. The summed E-state index contributed by atoms with van der Waals surface area (Å²) in [5.41, 5.74) is 2.01. The molecule has 1 aromatic carbocycles. The predicted octanol–water partition coefficient (Wildman–Crippen LogP) is 2.05. The summed E-state index contributed by atoms with van der Waals surface area (Å²) in [7, 11) is 1.56. The highest BCUT2D eigenvalue weighted by molar-refractivity contribution is 5.95. The van der Waals surface area contributed by atoms with Crippen molar-refractivity contribution in [3.05, 3.63) is 63.1 Å². The third-order valence-corrected chi connectivity index (χ3v) is 4.73. The molecule has 6 nitrogen and oxygen atoms in total. The Morgan fingerprint density at radius 3 is 2.68 bits per heavy atom. The monoisotopic (exact) mass is 341 g/mol. The first-order chi connectivity index (χ1) is 12.0. The Morgan fingerprint density at radius 1 is 1.32 bits per heavy atom. The van der Waals surface area contributed by atoms with E-state index in [9.17, 15) is 9.59 Å². The van der Waals surface area contributed by atoms with Gasteiger partial charge in [-0.05, 0) is 37.8 Å². The Balaban J connectivity index is 1.95. The molecule has 1 aromatic heterocycles. The minimum absolute atomic E-state index is 0.0848. The van der Waals surface area contributed by atoms with E-state index in [1.165, 1.54) is 4.68 Å². The van der Waals surface area contributed by atoms with Crippen LogP contribution < -0.4 is 10.9 Å². The van der Waals surface area contributed by atoms with Crippen LogP contribution in [-0.4, -0.2) is 28.4 Å². The van der Waals surface area contributed by atoms with Crippen molar-refractivity contribution in [1.82, 2.24) is 15.1 Å². The number of nitrogens with zero attached hydrogens (tertiary/aromatic N) is 2. The van der Waals surface area contributed by atoms with Crippen molar-refractivity contribution >= 4 is 5.91 Å². The largest absolute Gasteiger partial charge is 0.376 e.